The van der Waals surface area contributed by atoms with Crippen LogP contribution in [0.4, 0.5) is 8.78 Å². The minimum atomic E-state index is -0.636. The first kappa shape index (κ1) is 13.6. The van der Waals surface area contributed by atoms with Crippen LogP contribution in [0.5, 0.6) is 0 Å². The summed E-state index contributed by atoms with van der Waals surface area (Å²) in [4.78, 5) is 4.15. The summed E-state index contributed by atoms with van der Waals surface area (Å²) in [5.74, 6) is -1.24. The highest BCUT2D eigenvalue weighted by molar-refractivity contribution is 5.18. The first-order valence-electron chi connectivity index (χ1n) is 6.16. The summed E-state index contributed by atoms with van der Waals surface area (Å²) in [6.07, 6.45) is 2.45. The third-order valence-electron chi connectivity index (χ3n) is 2.85. The van der Waals surface area contributed by atoms with Crippen molar-refractivity contribution >= 4 is 0 Å². The molecule has 0 spiro atoms. The summed E-state index contributed by atoms with van der Waals surface area (Å²) < 4.78 is 26.0. The van der Waals surface area contributed by atoms with Crippen LogP contribution in [0.25, 0.3) is 0 Å². The van der Waals surface area contributed by atoms with Gasteiger partial charge in [-0.1, -0.05) is 6.07 Å². The molecule has 0 fully saturated rings. The van der Waals surface area contributed by atoms with Crippen LogP contribution in [0.3, 0.4) is 0 Å². The number of halogens is 2. The molecular weight excluding hydrogens is 248 g/mol. The van der Waals surface area contributed by atoms with E-state index in [0.717, 1.165) is 11.8 Å². The molecule has 0 radical (unpaired) electrons. The van der Waals surface area contributed by atoms with E-state index in [1.165, 1.54) is 12.1 Å². The van der Waals surface area contributed by atoms with Crippen LogP contribution >= 0.6 is 0 Å². The minimum Gasteiger partial charge on any atom is -0.393 e. The van der Waals surface area contributed by atoms with Crippen molar-refractivity contribution in [3.05, 3.63) is 65.5 Å². The van der Waals surface area contributed by atoms with Crippen molar-refractivity contribution in [2.24, 2.45) is 0 Å². The molecule has 1 aromatic carbocycles. The van der Waals surface area contributed by atoms with Crippen LogP contribution in [-0.4, -0.2) is 16.2 Å². The number of benzene rings is 1. The highest BCUT2D eigenvalue weighted by atomic mass is 19.1. The van der Waals surface area contributed by atoms with Gasteiger partial charge in [0.15, 0.2) is 0 Å². The van der Waals surface area contributed by atoms with Gasteiger partial charge in [-0.15, -0.1) is 0 Å². The molecule has 0 amide bonds. The third kappa shape index (κ3) is 4.41. The molecule has 1 atom stereocenters. The third-order valence-corrected chi connectivity index (χ3v) is 2.85. The zero-order valence-electron chi connectivity index (χ0n) is 10.4. The van der Waals surface area contributed by atoms with Gasteiger partial charge < -0.3 is 5.11 Å². The van der Waals surface area contributed by atoms with E-state index in [0.29, 0.717) is 18.4 Å². The number of rotatable bonds is 5. The Bertz CT molecular complexity index is 511. The average Bonchev–Trinajstić information content (AvgIpc) is 2.36. The molecule has 1 unspecified atom stereocenters. The molecule has 0 saturated carbocycles. The first-order valence-corrected chi connectivity index (χ1v) is 6.16. The van der Waals surface area contributed by atoms with E-state index in [4.69, 9.17) is 0 Å². The fraction of sp³-hybridized carbons (Fsp3) is 0.267. The van der Waals surface area contributed by atoms with Crippen LogP contribution in [0.1, 0.15) is 17.7 Å². The van der Waals surface area contributed by atoms with Gasteiger partial charge in [0.1, 0.15) is 11.6 Å². The molecular formula is C15H15F2NO. The number of pyridine rings is 1. The zero-order valence-corrected chi connectivity index (χ0v) is 10.4. The van der Waals surface area contributed by atoms with Gasteiger partial charge in [0.2, 0.25) is 0 Å². The van der Waals surface area contributed by atoms with E-state index < -0.39 is 17.7 Å². The maximum Gasteiger partial charge on any atom is 0.126 e. The Morgan fingerprint density at radius 3 is 2.47 bits per heavy atom. The van der Waals surface area contributed by atoms with Gasteiger partial charge >= 0.3 is 0 Å². The molecule has 1 heterocycles. The molecule has 19 heavy (non-hydrogen) atoms. The van der Waals surface area contributed by atoms with Gasteiger partial charge in [0.25, 0.3) is 0 Å². The number of aliphatic hydroxyl groups is 1. The number of aliphatic hydroxyl groups excluding tert-OH is 1. The molecule has 0 aliphatic rings. The lowest BCUT2D eigenvalue weighted by Gasteiger charge is -2.10. The lowest BCUT2D eigenvalue weighted by molar-refractivity contribution is 0.164. The largest absolute Gasteiger partial charge is 0.393 e. The fourth-order valence-electron chi connectivity index (χ4n) is 1.96. The molecule has 2 nitrogen and oxygen atoms in total. The predicted molar refractivity (Wildman–Crippen MR) is 68.6 cm³/mol. The van der Waals surface area contributed by atoms with Crippen molar-refractivity contribution in [2.75, 3.05) is 0 Å². The molecule has 0 aliphatic heterocycles. The summed E-state index contributed by atoms with van der Waals surface area (Å²) in [5.41, 5.74) is 1.36. The maximum absolute atomic E-state index is 13.0. The Balaban J connectivity index is 1.89. The lowest BCUT2D eigenvalue weighted by atomic mass is 10.0. The van der Waals surface area contributed by atoms with Crippen molar-refractivity contribution < 1.29 is 13.9 Å². The zero-order chi connectivity index (χ0) is 13.7. The van der Waals surface area contributed by atoms with Gasteiger partial charge in [-0.25, -0.2) is 8.78 Å². The second-order valence-corrected chi connectivity index (χ2v) is 4.50. The molecule has 0 bridgehead atoms. The van der Waals surface area contributed by atoms with E-state index in [2.05, 4.69) is 4.98 Å². The van der Waals surface area contributed by atoms with E-state index in [1.54, 1.807) is 6.20 Å². The monoisotopic (exact) mass is 263 g/mol. The SMILES string of the molecule is OC(CCc1ccccn1)Cc1cc(F)cc(F)c1. The van der Waals surface area contributed by atoms with Crippen LogP contribution < -0.4 is 0 Å². The van der Waals surface area contributed by atoms with Crippen LogP contribution in [0.2, 0.25) is 0 Å². The lowest BCUT2D eigenvalue weighted by Crippen LogP contribution is -2.12. The summed E-state index contributed by atoms with van der Waals surface area (Å²) in [7, 11) is 0. The van der Waals surface area contributed by atoms with E-state index in [1.807, 2.05) is 18.2 Å². The second-order valence-electron chi connectivity index (χ2n) is 4.50. The molecule has 0 aliphatic carbocycles. The summed E-state index contributed by atoms with van der Waals surface area (Å²) >= 11 is 0. The number of aromatic nitrogens is 1. The number of hydrogen-bond acceptors (Lipinski definition) is 2. The van der Waals surface area contributed by atoms with Gasteiger partial charge in [-0.05, 0) is 49.1 Å². The predicted octanol–water partition coefficient (Wildman–Crippen LogP) is 2.90. The number of hydrogen-bond donors (Lipinski definition) is 1. The Hall–Kier alpha value is -1.81. The first-order chi connectivity index (χ1) is 9.13. The Labute approximate surface area is 110 Å². The van der Waals surface area contributed by atoms with Crippen LogP contribution in [-0.2, 0) is 12.8 Å². The maximum atomic E-state index is 13.0. The van der Waals surface area contributed by atoms with Crippen LogP contribution in [0.15, 0.2) is 42.6 Å². The van der Waals surface area contributed by atoms with Gasteiger partial charge in [-0.3, -0.25) is 4.98 Å². The van der Waals surface area contributed by atoms with Gasteiger partial charge in [-0.2, -0.15) is 0 Å². The molecule has 2 aromatic rings. The van der Waals surface area contributed by atoms with Crippen molar-refractivity contribution in [3.8, 4) is 0 Å². The summed E-state index contributed by atoms with van der Waals surface area (Å²) in [6, 6.07) is 8.91. The summed E-state index contributed by atoms with van der Waals surface area (Å²) in [6.45, 7) is 0. The van der Waals surface area contributed by atoms with E-state index in [-0.39, 0.29) is 6.42 Å². The fourth-order valence-corrected chi connectivity index (χ4v) is 1.96. The Kier molecular flexibility index (Phi) is 4.58. The normalized spacial score (nSPS) is 12.4. The highest BCUT2D eigenvalue weighted by Crippen LogP contribution is 2.12. The van der Waals surface area contributed by atoms with Crippen molar-refractivity contribution in [2.45, 2.75) is 25.4 Å². The Morgan fingerprint density at radius 1 is 1.11 bits per heavy atom. The van der Waals surface area contributed by atoms with Crippen molar-refractivity contribution in [1.82, 2.24) is 4.98 Å². The second kappa shape index (κ2) is 6.38. The average molecular weight is 263 g/mol. The van der Waals surface area contributed by atoms with Crippen molar-refractivity contribution in [1.29, 1.82) is 0 Å². The highest BCUT2D eigenvalue weighted by Gasteiger charge is 2.08. The minimum absolute atomic E-state index is 0.238. The van der Waals surface area contributed by atoms with E-state index >= 15 is 0 Å². The molecule has 4 heteroatoms. The smallest absolute Gasteiger partial charge is 0.126 e. The standard InChI is InChI=1S/C15H15F2NO/c16-12-7-11(8-13(17)10-12)9-15(19)5-4-14-3-1-2-6-18-14/h1-3,6-8,10,15,19H,4-5,9H2. The number of nitrogens with zero attached hydrogens (tertiary/aromatic N) is 1. The molecule has 1 aromatic heterocycles. The molecule has 0 saturated heterocycles. The quantitative estimate of drug-likeness (QED) is 0.899. The Morgan fingerprint density at radius 2 is 1.84 bits per heavy atom. The topological polar surface area (TPSA) is 33.1 Å². The molecule has 1 N–H and O–H groups in total. The number of aryl methyl sites for hydroxylation is 1. The molecule has 100 valence electrons. The van der Waals surface area contributed by atoms with Gasteiger partial charge in [0.05, 0.1) is 6.10 Å². The van der Waals surface area contributed by atoms with E-state index in [9.17, 15) is 13.9 Å². The molecule has 2 rings (SSSR count). The summed E-state index contributed by atoms with van der Waals surface area (Å²) in [5, 5.41) is 9.87. The van der Waals surface area contributed by atoms with Crippen molar-refractivity contribution in [3.63, 3.8) is 0 Å². The van der Waals surface area contributed by atoms with Gasteiger partial charge in [0, 0.05) is 18.0 Å². The van der Waals surface area contributed by atoms with Crippen LogP contribution in [0, 0.1) is 11.6 Å².